The van der Waals surface area contributed by atoms with Gasteiger partial charge in [-0.05, 0) is 249 Å². The Morgan fingerprint density at radius 2 is 0.563 bits per heavy atom. The van der Waals surface area contributed by atoms with Crippen LogP contribution >= 0.6 is 0 Å². The predicted octanol–water partition coefficient (Wildman–Crippen LogP) is 19.5. The Labute approximate surface area is 522 Å². The number of nitrogens with zero attached hydrogens (tertiary/aromatic N) is 3. The summed E-state index contributed by atoms with van der Waals surface area (Å²) in [5, 5.41) is 0. The molecule has 3 aromatic heterocycles. The molecule has 3 heterocycles. The Bertz CT molecular complexity index is 4040. The molecular weight excluding hydrogens is 1050 g/mol. The maximum Gasteiger partial charge on any atom is 0.212 e. The van der Waals surface area contributed by atoms with E-state index in [0.717, 1.165) is 0 Å². The van der Waals surface area contributed by atoms with Crippen LogP contribution in [0, 0.1) is 57.8 Å². The molecule has 0 amide bonds. The van der Waals surface area contributed by atoms with Gasteiger partial charge in [-0.25, -0.2) is 13.7 Å². The number of fused-ring (bicyclic) bond motifs is 3. The molecule has 6 aliphatic rings. The van der Waals surface area contributed by atoms with Gasteiger partial charge >= 0.3 is 0 Å². The zero-order valence-electron chi connectivity index (χ0n) is 54.3. The minimum atomic E-state index is 0.593. The minimum absolute atomic E-state index is 0.593. The first kappa shape index (κ1) is 58.8. The van der Waals surface area contributed by atoms with Crippen molar-refractivity contribution in [2.45, 2.75) is 176 Å². The van der Waals surface area contributed by atoms with Crippen molar-refractivity contribution in [1.29, 1.82) is 0 Å². The van der Waals surface area contributed by atoms with Crippen LogP contribution in [0.4, 0.5) is 0 Å². The van der Waals surface area contributed by atoms with Crippen LogP contribution in [0.5, 0.6) is 0 Å². The first-order valence-electron chi connectivity index (χ1n) is 33.7. The van der Waals surface area contributed by atoms with Crippen LogP contribution in [0.25, 0.3) is 67.2 Å². The fourth-order valence-electron chi connectivity index (χ4n) is 17.5. The Morgan fingerprint density at radius 3 is 0.931 bits per heavy atom. The monoisotopic (exact) mass is 1150 g/mol. The van der Waals surface area contributed by atoms with Crippen LogP contribution in [0.15, 0.2) is 164 Å². The Balaban J connectivity index is 0.000000121. The van der Waals surface area contributed by atoms with Gasteiger partial charge in [0.2, 0.25) is 17.1 Å². The van der Waals surface area contributed by atoms with Crippen LogP contribution in [0.1, 0.15) is 163 Å². The molecule has 0 unspecified atom stereocenters. The summed E-state index contributed by atoms with van der Waals surface area (Å²) in [5.74, 6) is 0. The SMILES string of the molecule is Cc1cc(-c2ccccc2C)[n+](C)cc1-c1ccc2c(c1)CC1(CCCC1)C2.Cc1cc(-c2ccccc2C)[n+](C)cc1-c1ccc2c(c1)CCC1(CCCC1)C2.Cc1cc(-c2ccccc2C)[n+](C)cc1-c1ccc2c(c1)CCC1(CCCCC1)C2. The molecule has 9 aromatic rings. The molecule has 444 valence electrons. The van der Waals surface area contributed by atoms with Crippen LogP contribution in [0.3, 0.4) is 0 Å². The molecule has 0 N–H and O–H groups in total. The second-order valence-corrected chi connectivity index (χ2v) is 28.7. The minimum Gasteiger partial charge on any atom is -0.200 e. The summed E-state index contributed by atoms with van der Waals surface area (Å²) < 4.78 is 6.87. The highest BCUT2D eigenvalue weighted by Gasteiger charge is 2.40. The number of aryl methyl sites for hydroxylation is 11. The van der Waals surface area contributed by atoms with E-state index in [1.807, 2.05) is 0 Å². The highest BCUT2D eigenvalue weighted by Crippen LogP contribution is 2.51. The Hall–Kier alpha value is -7.23. The van der Waals surface area contributed by atoms with Gasteiger partial charge in [0, 0.05) is 51.6 Å². The topological polar surface area (TPSA) is 11.6 Å². The molecule has 87 heavy (non-hydrogen) atoms. The van der Waals surface area contributed by atoms with Gasteiger partial charge in [-0.2, -0.15) is 0 Å². The van der Waals surface area contributed by atoms with Crippen molar-refractivity contribution in [3.05, 3.63) is 231 Å². The van der Waals surface area contributed by atoms with E-state index in [9.17, 15) is 0 Å². The number of hydrogen-bond donors (Lipinski definition) is 0. The number of aromatic nitrogens is 3. The summed E-state index contributed by atoms with van der Waals surface area (Å²) in [7, 11) is 6.52. The molecule has 3 heteroatoms. The maximum atomic E-state index is 2.49. The first-order valence-corrected chi connectivity index (χ1v) is 33.7. The average molecular weight is 1150 g/mol. The molecule has 3 saturated carbocycles. The highest BCUT2D eigenvalue weighted by atomic mass is 14.9. The fourth-order valence-corrected chi connectivity index (χ4v) is 17.5. The molecule has 15 rings (SSSR count). The summed E-state index contributed by atoms with van der Waals surface area (Å²) in [4.78, 5) is 0. The third-order valence-corrected chi connectivity index (χ3v) is 22.6. The van der Waals surface area contributed by atoms with Gasteiger partial charge in [0.15, 0.2) is 18.6 Å². The molecule has 0 atom stereocenters. The predicted molar refractivity (Wildman–Crippen MR) is 363 cm³/mol. The van der Waals surface area contributed by atoms with Crippen molar-refractivity contribution in [3.8, 4) is 67.2 Å². The van der Waals surface area contributed by atoms with Gasteiger partial charge in [0.25, 0.3) is 0 Å². The number of hydrogen-bond acceptors (Lipinski definition) is 0. The van der Waals surface area contributed by atoms with Gasteiger partial charge in [-0.15, -0.1) is 0 Å². The molecule has 3 fully saturated rings. The van der Waals surface area contributed by atoms with Crippen molar-refractivity contribution in [2.75, 3.05) is 0 Å². The van der Waals surface area contributed by atoms with Crippen LogP contribution in [-0.4, -0.2) is 0 Å². The lowest BCUT2D eigenvalue weighted by Gasteiger charge is -2.41. The van der Waals surface area contributed by atoms with E-state index in [1.165, 1.54) is 235 Å². The van der Waals surface area contributed by atoms with Crippen LogP contribution < -0.4 is 13.7 Å². The zero-order chi connectivity index (χ0) is 60.0. The van der Waals surface area contributed by atoms with E-state index in [2.05, 4.69) is 241 Å². The smallest absolute Gasteiger partial charge is 0.200 e. The molecule has 3 nitrogen and oxygen atoms in total. The van der Waals surface area contributed by atoms with Crippen LogP contribution in [0.2, 0.25) is 0 Å². The van der Waals surface area contributed by atoms with E-state index >= 15 is 0 Å². The van der Waals surface area contributed by atoms with Gasteiger partial charge in [0.1, 0.15) is 21.1 Å². The largest absolute Gasteiger partial charge is 0.212 e. The third-order valence-electron chi connectivity index (χ3n) is 22.6. The van der Waals surface area contributed by atoms with Gasteiger partial charge in [-0.3, -0.25) is 0 Å². The van der Waals surface area contributed by atoms with Crippen LogP contribution in [-0.2, 0) is 59.7 Å². The van der Waals surface area contributed by atoms with E-state index in [-0.39, 0.29) is 0 Å². The number of rotatable bonds is 6. The summed E-state index contributed by atoms with van der Waals surface area (Å²) in [6, 6.07) is 54.9. The molecule has 6 aliphatic carbocycles. The second-order valence-electron chi connectivity index (χ2n) is 28.7. The Morgan fingerprint density at radius 1 is 0.264 bits per heavy atom. The van der Waals surface area contributed by atoms with Crippen molar-refractivity contribution in [3.63, 3.8) is 0 Å². The fraction of sp³-hybridized carbons (Fsp3) is 0.393. The molecule has 0 bridgehead atoms. The maximum absolute atomic E-state index is 2.49. The highest BCUT2D eigenvalue weighted by molar-refractivity contribution is 5.74. The summed E-state index contributed by atoms with van der Waals surface area (Å²) >= 11 is 0. The van der Waals surface area contributed by atoms with Gasteiger partial charge < -0.3 is 0 Å². The van der Waals surface area contributed by atoms with E-state index in [1.54, 1.807) is 33.4 Å². The average Bonchev–Trinajstić information content (AvgIpc) is 2.85. The normalized spacial score (nSPS) is 17.5. The van der Waals surface area contributed by atoms with Crippen molar-refractivity contribution < 1.29 is 13.7 Å². The van der Waals surface area contributed by atoms with E-state index in [4.69, 9.17) is 0 Å². The Kier molecular flexibility index (Phi) is 16.5. The first-order chi connectivity index (χ1) is 42.1. The molecule has 0 saturated heterocycles. The lowest BCUT2D eigenvalue weighted by atomic mass is 9.64. The van der Waals surface area contributed by atoms with Gasteiger partial charge in [0.05, 0.1) is 0 Å². The summed E-state index contributed by atoms with van der Waals surface area (Å²) in [6.07, 6.45) is 36.2. The van der Waals surface area contributed by atoms with Gasteiger partial charge in [-0.1, -0.05) is 154 Å². The molecule has 0 radical (unpaired) electrons. The standard InChI is InChI=1S/C29H34N.C28H32N.C27H30N/c1-21-9-5-6-10-26(21)28-17-22(2)27(20-30(28)3)24-11-12-25-19-29(14-7-4-8-15-29)16-13-23(25)18-24;1-20-8-4-5-9-25(20)27-16-21(2)26(19-29(27)3)23-10-11-24-18-28(13-6-7-14-28)15-12-22(24)17-23;1-19-8-4-5-9-24(19)26-14-20(2)25(18-28(26)3)21-10-11-22-16-27(12-6-7-13-27)17-23(22)15-21/h5-6,9-12,17-18,20H,4,7-8,13-16,19H2,1-3H3;4-5,8-11,16-17,19H,6-7,12-15,18H2,1-3H3;4-5,8-11,14-15,18H,6-7,12-13,16-17H2,1-3H3/q3*+1. The molecular formula is C84H96N3+3. The lowest BCUT2D eigenvalue weighted by molar-refractivity contribution is -0.660. The van der Waals surface area contributed by atoms with Crippen molar-refractivity contribution in [1.82, 2.24) is 0 Å². The zero-order valence-corrected chi connectivity index (χ0v) is 54.3. The summed E-state index contributed by atoms with van der Waals surface area (Å²) in [6.45, 7) is 13.3. The number of benzene rings is 6. The van der Waals surface area contributed by atoms with Crippen molar-refractivity contribution >= 4 is 0 Å². The lowest BCUT2D eigenvalue weighted by Crippen LogP contribution is -2.32. The second kappa shape index (κ2) is 24.4. The molecule has 3 spiro atoms. The number of pyridine rings is 3. The summed E-state index contributed by atoms with van der Waals surface area (Å²) in [5.41, 5.74) is 35.5. The molecule has 0 aliphatic heterocycles. The third kappa shape index (κ3) is 12.0. The van der Waals surface area contributed by atoms with Crippen molar-refractivity contribution in [2.24, 2.45) is 37.4 Å². The van der Waals surface area contributed by atoms with E-state index in [0.29, 0.717) is 16.2 Å². The molecule has 6 aromatic carbocycles. The quantitative estimate of drug-likeness (QED) is 0.147. The van der Waals surface area contributed by atoms with E-state index < -0.39 is 0 Å².